The molecule has 0 saturated heterocycles. The van der Waals surface area contributed by atoms with E-state index in [9.17, 15) is 0 Å². The first kappa shape index (κ1) is 7.48. The van der Waals surface area contributed by atoms with Crippen LogP contribution in [-0.4, -0.2) is 18.8 Å². The first-order valence-electron chi connectivity index (χ1n) is 3.67. The van der Waals surface area contributed by atoms with Crippen LogP contribution in [0.25, 0.3) is 0 Å². The van der Waals surface area contributed by atoms with E-state index in [0.717, 1.165) is 18.6 Å². The molecule has 0 aromatic rings. The van der Waals surface area contributed by atoms with Gasteiger partial charge in [-0.15, -0.1) is 0 Å². The van der Waals surface area contributed by atoms with E-state index < -0.39 is 0 Å². The molecule has 0 amide bonds. The summed E-state index contributed by atoms with van der Waals surface area (Å²) in [6.07, 6.45) is 3.96. The molecule has 0 spiro atoms. The van der Waals surface area contributed by atoms with Crippen molar-refractivity contribution in [3.05, 3.63) is 11.6 Å². The zero-order valence-corrected chi connectivity index (χ0v) is 6.57. The van der Waals surface area contributed by atoms with Crippen molar-refractivity contribution in [2.75, 3.05) is 7.05 Å². The lowest BCUT2D eigenvalue weighted by atomic mass is 9.94. The topological polar surface area (TPSA) is 35.9 Å². The zero-order chi connectivity index (χ0) is 7.56. The van der Waals surface area contributed by atoms with Gasteiger partial charge in [-0.25, -0.2) is 0 Å². The molecule has 0 bridgehead atoms. The van der Waals surface area contributed by atoms with Crippen LogP contribution in [0.5, 0.6) is 0 Å². The smallest absolute Gasteiger partial charge is 0.0314 e. The Morgan fingerprint density at radius 1 is 1.70 bits per heavy atom. The normalized spacial score (nSPS) is 26.4. The molecule has 0 aromatic carbocycles. The van der Waals surface area contributed by atoms with Crippen LogP contribution >= 0.6 is 0 Å². The van der Waals surface area contributed by atoms with Gasteiger partial charge in [0.2, 0.25) is 0 Å². The second-order valence-corrected chi connectivity index (χ2v) is 2.79. The quantitative estimate of drug-likeness (QED) is 0.563. The van der Waals surface area contributed by atoms with Gasteiger partial charge in [0.1, 0.15) is 0 Å². The summed E-state index contributed by atoms with van der Waals surface area (Å²) in [6.45, 7) is 2.08. The van der Waals surface area contributed by atoms with Gasteiger partial charge >= 0.3 is 0 Å². The fraction of sp³-hybridized carbons (Fsp3) is 0.625. The Morgan fingerprint density at radius 2 is 2.40 bits per heavy atom. The Labute approximate surface area is 61.8 Å². The molecule has 1 aliphatic carbocycles. The molecule has 0 radical (unpaired) electrons. The summed E-state index contributed by atoms with van der Waals surface area (Å²) >= 11 is 0. The van der Waals surface area contributed by atoms with Crippen LogP contribution in [0.2, 0.25) is 0 Å². The molecule has 1 unspecified atom stereocenters. The number of likely N-dealkylation sites (N-methyl/N-ethyl adjacent to an activating group) is 1. The van der Waals surface area contributed by atoms with Crippen LogP contribution in [-0.2, 0) is 0 Å². The standard InChI is InChI=1S/C8H14N2/c1-6-5-7(9)3-4-8(6)10-2/h5,8-10H,3-4H2,1-2H3. The van der Waals surface area contributed by atoms with Crippen LogP contribution in [0.1, 0.15) is 19.8 Å². The molecule has 10 heavy (non-hydrogen) atoms. The average molecular weight is 138 g/mol. The van der Waals surface area contributed by atoms with Crippen molar-refractivity contribution in [1.82, 2.24) is 5.32 Å². The molecule has 1 atom stereocenters. The van der Waals surface area contributed by atoms with E-state index in [4.69, 9.17) is 5.41 Å². The van der Waals surface area contributed by atoms with Gasteiger partial charge in [0.25, 0.3) is 0 Å². The first-order valence-corrected chi connectivity index (χ1v) is 3.67. The van der Waals surface area contributed by atoms with Crippen molar-refractivity contribution in [2.24, 2.45) is 0 Å². The maximum Gasteiger partial charge on any atom is 0.0314 e. The number of rotatable bonds is 1. The molecule has 0 fully saturated rings. The zero-order valence-electron chi connectivity index (χ0n) is 6.57. The van der Waals surface area contributed by atoms with E-state index in [1.165, 1.54) is 5.57 Å². The highest BCUT2D eigenvalue weighted by atomic mass is 14.9. The van der Waals surface area contributed by atoms with Gasteiger partial charge in [0, 0.05) is 11.8 Å². The van der Waals surface area contributed by atoms with Crippen LogP contribution in [0, 0.1) is 5.41 Å². The van der Waals surface area contributed by atoms with Crippen LogP contribution in [0.4, 0.5) is 0 Å². The molecule has 2 N–H and O–H groups in total. The second kappa shape index (κ2) is 2.97. The van der Waals surface area contributed by atoms with Crippen molar-refractivity contribution >= 4 is 5.71 Å². The molecular formula is C8H14N2. The Hall–Kier alpha value is -0.630. The molecule has 56 valence electrons. The van der Waals surface area contributed by atoms with Crippen LogP contribution in [0.3, 0.4) is 0 Å². The van der Waals surface area contributed by atoms with Crippen molar-refractivity contribution < 1.29 is 0 Å². The molecule has 1 rings (SSSR count). The predicted molar refractivity (Wildman–Crippen MR) is 43.6 cm³/mol. The fourth-order valence-corrected chi connectivity index (χ4v) is 1.35. The molecule has 1 aliphatic rings. The lowest BCUT2D eigenvalue weighted by molar-refractivity contribution is 0.591. The van der Waals surface area contributed by atoms with Crippen molar-refractivity contribution in [1.29, 1.82) is 5.41 Å². The molecule has 0 heterocycles. The largest absolute Gasteiger partial charge is 0.313 e. The highest BCUT2D eigenvalue weighted by Crippen LogP contribution is 2.14. The number of allylic oxidation sites excluding steroid dienone is 1. The maximum absolute atomic E-state index is 7.38. The number of hydrogen-bond acceptors (Lipinski definition) is 2. The van der Waals surface area contributed by atoms with Crippen LogP contribution < -0.4 is 5.32 Å². The van der Waals surface area contributed by atoms with Gasteiger partial charge in [0.15, 0.2) is 0 Å². The Bertz CT molecular complexity index is 170. The van der Waals surface area contributed by atoms with Gasteiger partial charge in [-0.05, 0) is 32.9 Å². The summed E-state index contributed by atoms with van der Waals surface area (Å²) in [5.74, 6) is 0. The van der Waals surface area contributed by atoms with E-state index in [0.29, 0.717) is 6.04 Å². The number of hydrogen-bond donors (Lipinski definition) is 2. The van der Waals surface area contributed by atoms with E-state index >= 15 is 0 Å². The molecule has 2 nitrogen and oxygen atoms in total. The molecule has 0 aromatic heterocycles. The van der Waals surface area contributed by atoms with Crippen molar-refractivity contribution in [2.45, 2.75) is 25.8 Å². The van der Waals surface area contributed by atoms with E-state index in [1.54, 1.807) is 0 Å². The summed E-state index contributed by atoms with van der Waals surface area (Å²) in [6, 6.07) is 0.508. The highest BCUT2D eigenvalue weighted by Gasteiger charge is 2.13. The van der Waals surface area contributed by atoms with E-state index in [1.807, 2.05) is 13.1 Å². The van der Waals surface area contributed by atoms with E-state index in [-0.39, 0.29) is 0 Å². The second-order valence-electron chi connectivity index (χ2n) is 2.79. The monoisotopic (exact) mass is 138 g/mol. The maximum atomic E-state index is 7.38. The third-order valence-corrected chi connectivity index (χ3v) is 2.00. The Balaban J connectivity index is 2.67. The van der Waals surface area contributed by atoms with Gasteiger partial charge < -0.3 is 10.7 Å². The molecule has 0 aliphatic heterocycles. The minimum atomic E-state index is 0.508. The van der Waals surface area contributed by atoms with Gasteiger partial charge in [0.05, 0.1) is 0 Å². The lowest BCUT2D eigenvalue weighted by Gasteiger charge is -2.21. The first-order chi connectivity index (χ1) is 4.74. The van der Waals surface area contributed by atoms with Gasteiger partial charge in [-0.2, -0.15) is 0 Å². The number of nitrogens with one attached hydrogen (secondary N) is 2. The van der Waals surface area contributed by atoms with Gasteiger partial charge in [-0.3, -0.25) is 0 Å². The minimum absolute atomic E-state index is 0.508. The molecular weight excluding hydrogens is 124 g/mol. The molecule has 0 saturated carbocycles. The minimum Gasteiger partial charge on any atom is -0.313 e. The summed E-state index contributed by atoms with van der Waals surface area (Å²) in [7, 11) is 1.97. The summed E-state index contributed by atoms with van der Waals surface area (Å²) < 4.78 is 0. The SMILES string of the molecule is CNC1CCC(=N)C=C1C. The van der Waals surface area contributed by atoms with Gasteiger partial charge in [-0.1, -0.05) is 5.57 Å². The average Bonchev–Trinajstić information content (AvgIpc) is 1.88. The Morgan fingerprint density at radius 3 is 2.90 bits per heavy atom. The lowest BCUT2D eigenvalue weighted by Crippen LogP contribution is -2.29. The van der Waals surface area contributed by atoms with Crippen LogP contribution in [0.15, 0.2) is 11.6 Å². The highest BCUT2D eigenvalue weighted by molar-refractivity contribution is 5.93. The molecule has 2 heteroatoms. The third kappa shape index (κ3) is 1.45. The fourth-order valence-electron chi connectivity index (χ4n) is 1.35. The third-order valence-electron chi connectivity index (χ3n) is 2.00. The van der Waals surface area contributed by atoms with Crippen molar-refractivity contribution in [3.8, 4) is 0 Å². The van der Waals surface area contributed by atoms with E-state index in [2.05, 4.69) is 12.2 Å². The summed E-state index contributed by atoms with van der Waals surface area (Å²) in [5.41, 5.74) is 2.06. The van der Waals surface area contributed by atoms with Crippen molar-refractivity contribution in [3.63, 3.8) is 0 Å². The predicted octanol–water partition coefficient (Wildman–Crippen LogP) is 1.33. The summed E-state index contributed by atoms with van der Waals surface area (Å²) in [4.78, 5) is 0. The summed E-state index contributed by atoms with van der Waals surface area (Å²) in [5, 5.41) is 10.6. The Kier molecular flexibility index (Phi) is 2.22.